The Morgan fingerprint density at radius 1 is 1.31 bits per heavy atom. The standard InChI is InChI=1S/C12H15BrN2S/c13-10-5-8-16-12(10)11(9-14)15-6-3-1-2-4-7-15/h5,8,11H,1-4,6-7H2. The molecule has 0 aliphatic carbocycles. The van der Waals surface area contributed by atoms with Gasteiger partial charge < -0.3 is 0 Å². The van der Waals surface area contributed by atoms with Gasteiger partial charge >= 0.3 is 0 Å². The highest BCUT2D eigenvalue weighted by atomic mass is 79.9. The lowest BCUT2D eigenvalue weighted by molar-refractivity contribution is 0.248. The van der Waals surface area contributed by atoms with E-state index < -0.39 is 0 Å². The van der Waals surface area contributed by atoms with Crippen LogP contribution in [0.3, 0.4) is 0 Å². The van der Waals surface area contributed by atoms with Crippen LogP contribution in [-0.4, -0.2) is 18.0 Å². The molecule has 0 bridgehead atoms. The first-order valence-corrected chi connectivity index (χ1v) is 7.37. The van der Waals surface area contributed by atoms with Crippen LogP contribution in [0.1, 0.15) is 36.6 Å². The van der Waals surface area contributed by atoms with Gasteiger partial charge in [-0.2, -0.15) is 5.26 Å². The molecule has 1 aliphatic heterocycles. The molecule has 1 aromatic heterocycles. The van der Waals surface area contributed by atoms with Gasteiger partial charge in [-0.15, -0.1) is 11.3 Å². The van der Waals surface area contributed by atoms with Crippen LogP contribution in [-0.2, 0) is 0 Å². The van der Waals surface area contributed by atoms with Crippen molar-refractivity contribution in [1.82, 2.24) is 4.90 Å². The number of hydrogen-bond acceptors (Lipinski definition) is 3. The lowest BCUT2D eigenvalue weighted by Crippen LogP contribution is -2.28. The van der Waals surface area contributed by atoms with E-state index in [2.05, 4.69) is 26.9 Å². The monoisotopic (exact) mass is 298 g/mol. The first-order valence-electron chi connectivity index (χ1n) is 5.69. The van der Waals surface area contributed by atoms with Crippen molar-refractivity contribution in [3.8, 4) is 6.07 Å². The molecule has 16 heavy (non-hydrogen) atoms. The fraction of sp³-hybridized carbons (Fsp3) is 0.583. The molecule has 0 spiro atoms. The quantitative estimate of drug-likeness (QED) is 0.826. The highest BCUT2D eigenvalue weighted by Crippen LogP contribution is 2.33. The summed E-state index contributed by atoms with van der Waals surface area (Å²) in [5.41, 5.74) is 0. The van der Waals surface area contributed by atoms with Crippen LogP contribution in [0.5, 0.6) is 0 Å². The van der Waals surface area contributed by atoms with E-state index in [1.165, 1.54) is 25.7 Å². The minimum Gasteiger partial charge on any atom is -0.284 e. The van der Waals surface area contributed by atoms with E-state index in [0.29, 0.717) is 0 Å². The maximum absolute atomic E-state index is 9.36. The predicted molar refractivity (Wildman–Crippen MR) is 70.4 cm³/mol. The molecule has 2 nitrogen and oxygen atoms in total. The summed E-state index contributed by atoms with van der Waals surface area (Å²) in [7, 11) is 0. The predicted octanol–water partition coefficient (Wildman–Crippen LogP) is 3.95. The second kappa shape index (κ2) is 5.81. The number of rotatable bonds is 2. The number of nitrogens with zero attached hydrogens (tertiary/aromatic N) is 2. The second-order valence-electron chi connectivity index (χ2n) is 4.11. The molecule has 4 heteroatoms. The minimum absolute atomic E-state index is 0.0625. The Bertz CT molecular complexity index is 375. The summed E-state index contributed by atoms with van der Waals surface area (Å²) >= 11 is 5.20. The minimum atomic E-state index is -0.0625. The van der Waals surface area contributed by atoms with Crippen molar-refractivity contribution < 1.29 is 0 Å². The van der Waals surface area contributed by atoms with E-state index >= 15 is 0 Å². The van der Waals surface area contributed by atoms with Crippen molar-refractivity contribution in [2.45, 2.75) is 31.7 Å². The van der Waals surface area contributed by atoms with Crippen molar-refractivity contribution in [3.63, 3.8) is 0 Å². The molecule has 2 rings (SSSR count). The van der Waals surface area contributed by atoms with Gasteiger partial charge in [-0.25, -0.2) is 0 Å². The first-order chi connectivity index (χ1) is 7.83. The van der Waals surface area contributed by atoms with Crippen LogP contribution in [0, 0.1) is 11.3 Å². The molecule has 0 radical (unpaired) electrons. The Labute approximate surface area is 109 Å². The number of nitriles is 1. The zero-order valence-corrected chi connectivity index (χ0v) is 11.6. The van der Waals surface area contributed by atoms with Gasteiger partial charge in [0.1, 0.15) is 6.04 Å². The van der Waals surface area contributed by atoms with Crippen molar-refractivity contribution in [3.05, 3.63) is 20.8 Å². The fourth-order valence-corrected chi connectivity index (χ4v) is 3.83. The fourth-order valence-electron chi connectivity index (χ4n) is 2.16. The summed E-state index contributed by atoms with van der Waals surface area (Å²) in [5.74, 6) is 0. The van der Waals surface area contributed by atoms with Gasteiger partial charge in [-0.05, 0) is 53.3 Å². The average Bonchev–Trinajstić information content (AvgIpc) is 2.57. The van der Waals surface area contributed by atoms with Crippen LogP contribution in [0.4, 0.5) is 0 Å². The van der Waals surface area contributed by atoms with Crippen molar-refractivity contribution in [2.75, 3.05) is 13.1 Å². The molecule has 1 fully saturated rings. The van der Waals surface area contributed by atoms with E-state index in [-0.39, 0.29) is 6.04 Å². The molecule has 0 aromatic carbocycles. The van der Waals surface area contributed by atoms with Crippen LogP contribution >= 0.6 is 27.3 Å². The lowest BCUT2D eigenvalue weighted by atomic mass is 10.2. The molecule has 2 heterocycles. The average molecular weight is 299 g/mol. The van der Waals surface area contributed by atoms with E-state index in [1.54, 1.807) is 11.3 Å². The summed E-state index contributed by atoms with van der Waals surface area (Å²) < 4.78 is 1.08. The molecule has 86 valence electrons. The van der Waals surface area contributed by atoms with Gasteiger partial charge in [0.05, 0.1) is 10.9 Å². The Kier molecular flexibility index (Phi) is 4.39. The van der Waals surface area contributed by atoms with Crippen molar-refractivity contribution in [1.29, 1.82) is 5.26 Å². The Morgan fingerprint density at radius 2 is 2.00 bits per heavy atom. The number of thiophene rings is 1. The maximum Gasteiger partial charge on any atom is 0.134 e. The molecule has 0 N–H and O–H groups in total. The summed E-state index contributed by atoms with van der Waals surface area (Å²) in [5, 5.41) is 11.4. The van der Waals surface area contributed by atoms with E-state index in [4.69, 9.17) is 0 Å². The van der Waals surface area contributed by atoms with Gasteiger partial charge in [0.25, 0.3) is 0 Å². The van der Waals surface area contributed by atoms with Crippen LogP contribution in [0.2, 0.25) is 0 Å². The number of likely N-dealkylation sites (tertiary alicyclic amines) is 1. The van der Waals surface area contributed by atoms with Crippen LogP contribution < -0.4 is 0 Å². The second-order valence-corrected chi connectivity index (χ2v) is 5.92. The highest BCUT2D eigenvalue weighted by molar-refractivity contribution is 9.10. The van der Waals surface area contributed by atoms with Crippen LogP contribution in [0.25, 0.3) is 0 Å². The Balaban J connectivity index is 2.16. The van der Waals surface area contributed by atoms with Crippen molar-refractivity contribution in [2.24, 2.45) is 0 Å². The van der Waals surface area contributed by atoms with Gasteiger partial charge in [-0.1, -0.05) is 12.8 Å². The van der Waals surface area contributed by atoms with Gasteiger partial charge in [0.15, 0.2) is 0 Å². The third-order valence-corrected chi connectivity index (χ3v) is 4.94. The van der Waals surface area contributed by atoms with Crippen molar-refractivity contribution >= 4 is 27.3 Å². The maximum atomic E-state index is 9.36. The smallest absolute Gasteiger partial charge is 0.134 e. The molecule has 1 aliphatic rings. The summed E-state index contributed by atoms with van der Waals surface area (Å²) in [6, 6.07) is 4.42. The largest absolute Gasteiger partial charge is 0.284 e. The molecular formula is C12H15BrN2S. The highest BCUT2D eigenvalue weighted by Gasteiger charge is 2.23. The lowest BCUT2D eigenvalue weighted by Gasteiger charge is -2.24. The third-order valence-electron chi connectivity index (χ3n) is 3.02. The number of hydrogen-bond donors (Lipinski definition) is 0. The first kappa shape index (κ1) is 12.1. The molecule has 0 amide bonds. The zero-order chi connectivity index (χ0) is 11.4. The van der Waals surface area contributed by atoms with E-state index in [1.807, 2.05) is 11.4 Å². The van der Waals surface area contributed by atoms with E-state index in [9.17, 15) is 5.26 Å². The zero-order valence-electron chi connectivity index (χ0n) is 9.16. The molecule has 1 unspecified atom stereocenters. The molecule has 1 atom stereocenters. The third kappa shape index (κ3) is 2.65. The Hall–Kier alpha value is -0.370. The summed E-state index contributed by atoms with van der Waals surface area (Å²) in [6.45, 7) is 2.12. The summed E-state index contributed by atoms with van der Waals surface area (Å²) in [6.07, 6.45) is 5.06. The Morgan fingerprint density at radius 3 is 2.50 bits per heavy atom. The van der Waals surface area contributed by atoms with Crippen LogP contribution in [0.15, 0.2) is 15.9 Å². The van der Waals surface area contributed by atoms with Gasteiger partial charge in [-0.3, -0.25) is 4.90 Å². The van der Waals surface area contributed by atoms with Gasteiger partial charge in [0, 0.05) is 4.47 Å². The van der Waals surface area contributed by atoms with Gasteiger partial charge in [0.2, 0.25) is 0 Å². The topological polar surface area (TPSA) is 27.0 Å². The molecule has 1 aromatic rings. The number of halogens is 1. The normalized spacial score (nSPS) is 20.0. The summed E-state index contributed by atoms with van der Waals surface area (Å²) in [4.78, 5) is 3.48. The SMILES string of the molecule is N#CC(c1sccc1Br)N1CCCCCC1. The molecule has 0 saturated carbocycles. The van der Waals surface area contributed by atoms with E-state index in [0.717, 1.165) is 22.4 Å². The molecule has 1 saturated heterocycles. The molecular weight excluding hydrogens is 284 g/mol.